The number of fused-ring (bicyclic) bond motifs is 1. The molecule has 2 aliphatic rings. The molecule has 1 amide bonds. The van der Waals surface area contributed by atoms with Crippen LogP contribution in [0.25, 0.3) is 0 Å². The fourth-order valence-corrected chi connectivity index (χ4v) is 3.64. The summed E-state index contributed by atoms with van der Waals surface area (Å²) in [5.74, 6) is 0.845. The first-order valence-corrected chi connectivity index (χ1v) is 8.59. The molecular weight excluding hydrogens is 280 g/mol. The van der Waals surface area contributed by atoms with Gasteiger partial charge in [-0.05, 0) is 25.7 Å². The molecule has 0 saturated heterocycles. The van der Waals surface area contributed by atoms with Gasteiger partial charge < -0.3 is 4.90 Å². The summed E-state index contributed by atoms with van der Waals surface area (Å²) in [5, 5.41) is 4.40. The zero-order valence-electron chi connectivity index (χ0n) is 13.5. The van der Waals surface area contributed by atoms with Crippen LogP contribution in [0.1, 0.15) is 57.2 Å². The van der Waals surface area contributed by atoms with Gasteiger partial charge in [-0.3, -0.25) is 9.36 Å². The van der Waals surface area contributed by atoms with Crippen molar-refractivity contribution in [1.29, 1.82) is 0 Å². The summed E-state index contributed by atoms with van der Waals surface area (Å²) >= 11 is 0. The van der Waals surface area contributed by atoms with Gasteiger partial charge in [0, 0.05) is 26.1 Å². The van der Waals surface area contributed by atoms with Crippen LogP contribution in [-0.2, 0) is 24.3 Å². The fraction of sp³-hybridized carbons (Fsp3) is 0.812. The molecule has 0 bridgehead atoms. The average Bonchev–Trinajstić information content (AvgIpc) is 2.71. The minimum absolute atomic E-state index is 0.00209. The molecule has 0 aromatic carbocycles. The predicted molar refractivity (Wildman–Crippen MR) is 83.7 cm³/mol. The molecule has 1 saturated carbocycles. The van der Waals surface area contributed by atoms with Crippen molar-refractivity contribution in [2.24, 2.45) is 0 Å². The monoisotopic (exact) mass is 306 g/mol. The van der Waals surface area contributed by atoms with Gasteiger partial charge in [0.1, 0.15) is 12.4 Å². The molecule has 1 fully saturated rings. The lowest BCUT2D eigenvalue weighted by Crippen LogP contribution is -2.41. The van der Waals surface area contributed by atoms with Gasteiger partial charge in [-0.25, -0.2) is 9.48 Å². The van der Waals surface area contributed by atoms with E-state index in [1.807, 2.05) is 11.9 Å². The van der Waals surface area contributed by atoms with Crippen molar-refractivity contribution in [2.75, 3.05) is 7.05 Å². The van der Waals surface area contributed by atoms with E-state index in [4.69, 9.17) is 0 Å². The first-order valence-electron chi connectivity index (χ1n) is 8.59. The Morgan fingerprint density at radius 3 is 2.68 bits per heavy atom. The van der Waals surface area contributed by atoms with Crippen LogP contribution in [-0.4, -0.2) is 38.2 Å². The van der Waals surface area contributed by atoms with Crippen LogP contribution in [0.15, 0.2) is 4.79 Å². The van der Waals surface area contributed by atoms with E-state index in [-0.39, 0.29) is 18.1 Å². The molecule has 0 radical (unpaired) electrons. The highest BCUT2D eigenvalue weighted by atomic mass is 16.2. The van der Waals surface area contributed by atoms with Crippen LogP contribution < -0.4 is 5.69 Å². The van der Waals surface area contributed by atoms with Crippen molar-refractivity contribution in [3.05, 3.63) is 16.3 Å². The summed E-state index contributed by atoms with van der Waals surface area (Å²) in [6.45, 7) is 0.812. The molecule has 6 heteroatoms. The minimum Gasteiger partial charge on any atom is -0.341 e. The van der Waals surface area contributed by atoms with Gasteiger partial charge in [0.05, 0.1) is 0 Å². The summed E-state index contributed by atoms with van der Waals surface area (Å²) in [4.78, 5) is 26.7. The average molecular weight is 306 g/mol. The van der Waals surface area contributed by atoms with Crippen molar-refractivity contribution in [1.82, 2.24) is 19.2 Å². The molecule has 1 aromatic heterocycles. The summed E-state index contributed by atoms with van der Waals surface area (Å²) in [5.41, 5.74) is -0.123. The number of likely N-dealkylation sites (N-methyl/N-ethyl adjacent to an activating group) is 1. The standard InChI is InChI=1S/C16H26N4O2/c1-18(13-8-4-2-5-9-13)15(21)12-20-16(22)19-11-7-3-6-10-14(19)17-20/h13H,2-12H2,1H3. The SMILES string of the molecule is CN(C(=O)Cn1nc2n(c1=O)CCCCC2)C1CCCCC1. The second-order valence-corrected chi connectivity index (χ2v) is 6.62. The number of carbonyl (C=O) groups is 1. The quantitative estimate of drug-likeness (QED) is 0.851. The number of carbonyl (C=O) groups excluding carboxylic acids is 1. The van der Waals surface area contributed by atoms with E-state index in [2.05, 4.69) is 5.10 Å². The zero-order valence-corrected chi connectivity index (χ0v) is 13.5. The van der Waals surface area contributed by atoms with Crippen molar-refractivity contribution in [3.63, 3.8) is 0 Å². The lowest BCUT2D eigenvalue weighted by Gasteiger charge is -2.31. The first-order chi connectivity index (χ1) is 10.7. The molecule has 6 nitrogen and oxygen atoms in total. The van der Waals surface area contributed by atoms with E-state index in [0.29, 0.717) is 6.04 Å². The number of aryl methyl sites for hydroxylation is 1. The second-order valence-electron chi connectivity index (χ2n) is 6.62. The van der Waals surface area contributed by atoms with E-state index < -0.39 is 0 Å². The Balaban J connectivity index is 1.70. The predicted octanol–water partition coefficient (Wildman–Crippen LogP) is 1.56. The molecule has 0 N–H and O–H groups in total. The van der Waals surface area contributed by atoms with Crippen LogP contribution >= 0.6 is 0 Å². The molecule has 3 rings (SSSR count). The highest BCUT2D eigenvalue weighted by Gasteiger charge is 2.24. The molecule has 1 aromatic rings. The molecule has 2 heterocycles. The number of hydrogen-bond donors (Lipinski definition) is 0. The molecule has 22 heavy (non-hydrogen) atoms. The topological polar surface area (TPSA) is 60.1 Å². The van der Waals surface area contributed by atoms with Gasteiger partial charge in [-0.15, -0.1) is 0 Å². The van der Waals surface area contributed by atoms with E-state index in [9.17, 15) is 9.59 Å². The van der Waals surface area contributed by atoms with Gasteiger partial charge in [-0.1, -0.05) is 25.7 Å². The molecule has 0 spiro atoms. The van der Waals surface area contributed by atoms with Gasteiger partial charge in [0.15, 0.2) is 0 Å². The summed E-state index contributed by atoms with van der Waals surface area (Å²) in [6, 6.07) is 0.331. The Morgan fingerprint density at radius 2 is 1.91 bits per heavy atom. The van der Waals surface area contributed by atoms with Crippen molar-refractivity contribution < 1.29 is 4.79 Å². The van der Waals surface area contributed by atoms with E-state index in [0.717, 1.165) is 50.9 Å². The van der Waals surface area contributed by atoms with Crippen LogP contribution in [0.5, 0.6) is 0 Å². The number of rotatable bonds is 3. The third-order valence-electron chi connectivity index (χ3n) is 5.08. The Morgan fingerprint density at radius 1 is 1.18 bits per heavy atom. The largest absolute Gasteiger partial charge is 0.346 e. The smallest absolute Gasteiger partial charge is 0.341 e. The number of nitrogens with zero attached hydrogens (tertiary/aromatic N) is 4. The van der Waals surface area contributed by atoms with Crippen LogP contribution in [0, 0.1) is 0 Å². The minimum atomic E-state index is -0.123. The fourth-order valence-electron chi connectivity index (χ4n) is 3.64. The van der Waals surface area contributed by atoms with E-state index >= 15 is 0 Å². The highest BCUT2D eigenvalue weighted by Crippen LogP contribution is 2.21. The lowest BCUT2D eigenvalue weighted by molar-refractivity contribution is -0.133. The van der Waals surface area contributed by atoms with Crippen molar-refractivity contribution >= 4 is 5.91 Å². The molecule has 0 unspecified atom stereocenters. The molecule has 1 aliphatic heterocycles. The lowest BCUT2D eigenvalue weighted by atomic mass is 9.94. The Hall–Kier alpha value is -1.59. The van der Waals surface area contributed by atoms with Crippen LogP contribution in [0.4, 0.5) is 0 Å². The van der Waals surface area contributed by atoms with Crippen molar-refractivity contribution in [3.8, 4) is 0 Å². The number of aromatic nitrogens is 3. The Labute approximate surface area is 131 Å². The molecular formula is C16H26N4O2. The summed E-state index contributed by atoms with van der Waals surface area (Å²) in [6.07, 6.45) is 9.91. The van der Waals surface area contributed by atoms with Gasteiger partial charge in [-0.2, -0.15) is 5.10 Å². The van der Waals surface area contributed by atoms with Gasteiger partial charge in [0.2, 0.25) is 5.91 Å². The third-order valence-corrected chi connectivity index (χ3v) is 5.08. The maximum Gasteiger partial charge on any atom is 0.346 e. The highest BCUT2D eigenvalue weighted by molar-refractivity contribution is 5.75. The van der Waals surface area contributed by atoms with Gasteiger partial charge >= 0.3 is 5.69 Å². The van der Waals surface area contributed by atoms with E-state index in [1.165, 1.54) is 23.9 Å². The molecule has 1 aliphatic carbocycles. The van der Waals surface area contributed by atoms with Crippen LogP contribution in [0.3, 0.4) is 0 Å². The Kier molecular flexibility index (Phi) is 4.64. The second kappa shape index (κ2) is 6.67. The maximum atomic E-state index is 12.5. The van der Waals surface area contributed by atoms with Crippen molar-refractivity contribution in [2.45, 2.75) is 76.9 Å². The zero-order chi connectivity index (χ0) is 15.5. The summed E-state index contributed by atoms with van der Waals surface area (Å²) < 4.78 is 3.11. The number of hydrogen-bond acceptors (Lipinski definition) is 3. The molecule has 0 atom stereocenters. The van der Waals surface area contributed by atoms with Gasteiger partial charge in [0.25, 0.3) is 0 Å². The third kappa shape index (κ3) is 3.10. The summed E-state index contributed by atoms with van der Waals surface area (Å²) in [7, 11) is 1.87. The van der Waals surface area contributed by atoms with E-state index in [1.54, 1.807) is 4.57 Å². The maximum absolute atomic E-state index is 12.5. The van der Waals surface area contributed by atoms with Crippen LogP contribution in [0.2, 0.25) is 0 Å². The number of amides is 1. The molecule has 122 valence electrons. The Bertz CT molecular complexity index is 583. The first kappa shape index (κ1) is 15.3. The normalized spacial score (nSPS) is 19.5.